The van der Waals surface area contributed by atoms with Crippen molar-refractivity contribution in [1.82, 2.24) is 4.90 Å². The van der Waals surface area contributed by atoms with Crippen molar-refractivity contribution in [2.45, 2.75) is 25.3 Å². The maximum atomic E-state index is 2.63. The van der Waals surface area contributed by atoms with Gasteiger partial charge >= 0.3 is 0 Å². The molecular weight excluding hydrogens is 230 g/mol. The lowest BCUT2D eigenvalue weighted by Crippen LogP contribution is -2.30. The first kappa shape index (κ1) is 11.2. The second-order valence-corrected chi connectivity index (χ2v) is 5.77. The van der Waals surface area contributed by atoms with Gasteiger partial charge in [0.05, 0.1) is 0 Å². The van der Waals surface area contributed by atoms with Gasteiger partial charge in [-0.15, -0.1) is 0 Å². The maximum Gasteiger partial charge on any atom is 0.0172 e. The molecule has 4 rings (SSSR count). The molecule has 1 saturated carbocycles. The van der Waals surface area contributed by atoms with Gasteiger partial charge in [0.2, 0.25) is 0 Å². The minimum atomic E-state index is 0.898. The fraction of sp³-hybridized carbons (Fsp3) is 0.333. The van der Waals surface area contributed by atoms with Crippen LogP contribution >= 0.6 is 0 Å². The molecule has 1 aliphatic carbocycles. The van der Waals surface area contributed by atoms with E-state index >= 15 is 0 Å². The van der Waals surface area contributed by atoms with Crippen LogP contribution < -0.4 is 0 Å². The van der Waals surface area contributed by atoms with Crippen molar-refractivity contribution in [2.75, 3.05) is 13.1 Å². The van der Waals surface area contributed by atoms with Crippen molar-refractivity contribution >= 4 is 16.3 Å². The minimum absolute atomic E-state index is 0.898. The summed E-state index contributed by atoms with van der Waals surface area (Å²) in [6.45, 7) is 2.39. The van der Waals surface area contributed by atoms with Crippen molar-refractivity contribution in [1.29, 1.82) is 0 Å². The van der Waals surface area contributed by atoms with Crippen molar-refractivity contribution < 1.29 is 0 Å². The average molecular weight is 249 g/mol. The summed E-state index contributed by atoms with van der Waals surface area (Å²) >= 11 is 0. The summed E-state index contributed by atoms with van der Waals surface area (Å²) < 4.78 is 0. The molecule has 96 valence electrons. The zero-order valence-electron chi connectivity index (χ0n) is 11.2. The van der Waals surface area contributed by atoms with E-state index in [1.807, 2.05) is 0 Å². The van der Waals surface area contributed by atoms with E-state index < -0.39 is 0 Å². The standard InChI is InChI=1S/C18H19N/c1-2-4-16-13-17(6-5-14(16)3-1)15-9-11-19(12-10-15)18-7-8-18/h1-6,9,13,18H,7-8,10-12H2. The minimum Gasteiger partial charge on any atom is -0.296 e. The SMILES string of the molecule is C1=C(c2ccc3ccccc3c2)CCN(C2CC2)C1. The van der Waals surface area contributed by atoms with Gasteiger partial charge < -0.3 is 0 Å². The Morgan fingerprint density at radius 3 is 2.53 bits per heavy atom. The highest BCUT2D eigenvalue weighted by Crippen LogP contribution is 2.32. The molecule has 19 heavy (non-hydrogen) atoms. The second kappa shape index (κ2) is 4.50. The third-order valence-corrected chi connectivity index (χ3v) is 4.42. The number of hydrogen-bond donors (Lipinski definition) is 0. The quantitative estimate of drug-likeness (QED) is 0.775. The molecule has 0 spiro atoms. The molecule has 0 saturated heterocycles. The lowest BCUT2D eigenvalue weighted by Gasteiger charge is -2.26. The summed E-state index contributed by atoms with van der Waals surface area (Å²) in [6.07, 6.45) is 6.47. The molecule has 0 radical (unpaired) electrons. The molecular formula is C18H19N. The first-order valence-electron chi connectivity index (χ1n) is 7.32. The Bertz CT molecular complexity index is 637. The van der Waals surface area contributed by atoms with E-state index in [9.17, 15) is 0 Å². The van der Waals surface area contributed by atoms with E-state index in [1.165, 1.54) is 47.7 Å². The summed E-state index contributed by atoms with van der Waals surface area (Å²) in [5.41, 5.74) is 2.94. The van der Waals surface area contributed by atoms with Crippen LogP contribution in [0.2, 0.25) is 0 Å². The average Bonchev–Trinajstić information content (AvgIpc) is 3.32. The van der Waals surface area contributed by atoms with Gasteiger partial charge in [-0.3, -0.25) is 4.90 Å². The Morgan fingerprint density at radius 2 is 1.79 bits per heavy atom. The summed E-state index contributed by atoms with van der Waals surface area (Å²) in [7, 11) is 0. The van der Waals surface area contributed by atoms with Crippen molar-refractivity contribution in [3.05, 3.63) is 54.1 Å². The van der Waals surface area contributed by atoms with E-state index in [4.69, 9.17) is 0 Å². The molecule has 2 aliphatic rings. The number of hydrogen-bond acceptors (Lipinski definition) is 1. The lowest BCUT2D eigenvalue weighted by molar-refractivity contribution is 0.291. The molecule has 0 aromatic heterocycles. The number of rotatable bonds is 2. The van der Waals surface area contributed by atoms with Crippen LogP contribution in [-0.2, 0) is 0 Å². The largest absolute Gasteiger partial charge is 0.296 e. The van der Waals surface area contributed by atoms with Crippen molar-refractivity contribution in [3.63, 3.8) is 0 Å². The van der Waals surface area contributed by atoms with E-state index in [0.717, 1.165) is 12.6 Å². The topological polar surface area (TPSA) is 3.24 Å². The molecule has 2 aromatic rings. The zero-order chi connectivity index (χ0) is 12.7. The van der Waals surface area contributed by atoms with Gasteiger partial charge in [0.25, 0.3) is 0 Å². The van der Waals surface area contributed by atoms with Crippen LogP contribution in [0.3, 0.4) is 0 Å². The normalized spacial score (nSPS) is 20.5. The highest BCUT2D eigenvalue weighted by atomic mass is 15.2. The van der Waals surface area contributed by atoms with Crippen LogP contribution in [0.5, 0.6) is 0 Å². The van der Waals surface area contributed by atoms with E-state index in [2.05, 4.69) is 53.4 Å². The molecule has 1 nitrogen and oxygen atoms in total. The molecule has 1 fully saturated rings. The van der Waals surface area contributed by atoms with Crippen LogP contribution in [0, 0.1) is 0 Å². The molecule has 2 aromatic carbocycles. The molecule has 1 heteroatoms. The van der Waals surface area contributed by atoms with E-state index in [-0.39, 0.29) is 0 Å². The van der Waals surface area contributed by atoms with Gasteiger partial charge in [0.15, 0.2) is 0 Å². The van der Waals surface area contributed by atoms with Gasteiger partial charge in [-0.2, -0.15) is 0 Å². The molecule has 0 atom stereocenters. The number of nitrogens with zero attached hydrogens (tertiary/aromatic N) is 1. The second-order valence-electron chi connectivity index (χ2n) is 5.77. The molecule has 1 heterocycles. The molecule has 1 aliphatic heterocycles. The van der Waals surface area contributed by atoms with Gasteiger partial charge in [-0.05, 0) is 47.2 Å². The van der Waals surface area contributed by atoms with Crippen LogP contribution in [0.25, 0.3) is 16.3 Å². The van der Waals surface area contributed by atoms with Crippen LogP contribution in [0.1, 0.15) is 24.8 Å². The third-order valence-electron chi connectivity index (χ3n) is 4.42. The predicted molar refractivity (Wildman–Crippen MR) is 81.1 cm³/mol. The van der Waals surface area contributed by atoms with Gasteiger partial charge in [0.1, 0.15) is 0 Å². The van der Waals surface area contributed by atoms with E-state index in [1.54, 1.807) is 0 Å². The Labute approximate surface area is 114 Å². The fourth-order valence-electron chi connectivity index (χ4n) is 3.11. The summed E-state index contributed by atoms with van der Waals surface area (Å²) in [4.78, 5) is 2.63. The number of fused-ring (bicyclic) bond motifs is 1. The third kappa shape index (κ3) is 2.19. The number of benzene rings is 2. The monoisotopic (exact) mass is 249 g/mol. The maximum absolute atomic E-state index is 2.63. The molecule has 0 N–H and O–H groups in total. The Hall–Kier alpha value is -1.60. The first-order valence-corrected chi connectivity index (χ1v) is 7.32. The Balaban J connectivity index is 1.63. The highest BCUT2D eigenvalue weighted by molar-refractivity contribution is 5.86. The summed E-state index contributed by atoms with van der Waals surface area (Å²) in [6, 6.07) is 16.4. The van der Waals surface area contributed by atoms with Crippen LogP contribution in [0.15, 0.2) is 48.5 Å². The smallest absolute Gasteiger partial charge is 0.0172 e. The van der Waals surface area contributed by atoms with E-state index in [0.29, 0.717) is 0 Å². The highest BCUT2D eigenvalue weighted by Gasteiger charge is 2.29. The fourth-order valence-corrected chi connectivity index (χ4v) is 3.11. The van der Waals surface area contributed by atoms with Crippen molar-refractivity contribution in [3.8, 4) is 0 Å². The van der Waals surface area contributed by atoms with Crippen LogP contribution in [-0.4, -0.2) is 24.0 Å². The summed E-state index contributed by atoms with van der Waals surface area (Å²) in [5, 5.41) is 2.69. The molecule has 0 bridgehead atoms. The molecule has 0 amide bonds. The zero-order valence-corrected chi connectivity index (χ0v) is 11.2. The predicted octanol–water partition coefficient (Wildman–Crippen LogP) is 4.09. The lowest BCUT2D eigenvalue weighted by atomic mass is 9.97. The van der Waals surface area contributed by atoms with Gasteiger partial charge in [-0.1, -0.05) is 42.5 Å². The van der Waals surface area contributed by atoms with Gasteiger partial charge in [0, 0.05) is 19.1 Å². The first-order chi connectivity index (χ1) is 9.40. The van der Waals surface area contributed by atoms with Crippen molar-refractivity contribution in [2.24, 2.45) is 0 Å². The Morgan fingerprint density at radius 1 is 0.947 bits per heavy atom. The summed E-state index contributed by atoms with van der Waals surface area (Å²) in [5.74, 6) is 0. The van der Waals surface area contributed by atoms with Crippen LogP contribution in [0.4, 0.5) is 0 Å². The Kier molecular flexibility index (Phi) is 2.66. The van der Waals surface area contributed by atoms with Gasteiger partial charge in [-0.25, -0.2) is 0 Å². The molecule has 0 unspecified atom stereocenters.